The minimum atomic E-state index is -0.261. The zero-order chi connectivity index (χ0) is 22.9. The number of benzene rings is 3. The van der Waals surface area contributed by atoms with E-state index in [-0.39, 0.29) is 23.7 Å². The van der Waals surface area contributed by atoms with E-state index in [2.05, 4.69) is 23.6 Å². The van der Waals surface area contributed by atoms with Gasteiger partial charge in [0.15, 0.2) is 0 Å². The summed E-state index contributed by atoms with van der Waals surface area (Å²) in [5.74, 6) is 0.601. The summed E-state index contributed by atoms with van der Waals surface area (Å²) >= 11 is 0. The number of carbonyl (C=O) groups is 1. The van der Waals surface area contributed by atoms with Crippen molar-refractivity contribution in [3.05, 3.63) is 89.7 Å². The van der Waals surface area contributed by atoms with Gasteiger partial charge in [-0.15, -0.1) is 0 Å². The van der Waals surface area contributed by atoms with E-state index in [1.807, 2.05) is 54.3 Å². The predicted molar refractivity (Wildman–Crippen MR) is 130 cm³/mol. The SMILES string of the molecule is Cc1ccc(C(C)C(=O)N2CCC(n3c(-c4ccccc4)nc4ccc(F)cc43)CC2)cc1. The van der Waals surface area contributed by atoms with Crippen LogP contribution in [-0.4, -0.2) is 33.4 Å². The summed E-state index contributed by atoms with van der Waals surface area (Å²) in [6.45, 7) is 5.40. The third-order valence-corrected chi connectivity index (χ3v) is 6.77. The summed E-state index contributed by atoms with van der Waals surface area (Å²) < 4.78 is 16.3. The normalized spacial score (nSPS) is 15.7. The van der Waals surface area contributed by atoms with Crippen LogP contribution in [0.1, 0.15) is 42.9 Å². The van der Waals surface area contributed by atoms with Crippen LogP contribution in [0.3, 0.4) is 0 Å². The summed E-state index contributed by atoms with van der Waals surface area (Å²) in [6, 6.07) is 23.2. The number of rotatable bonds is 4. The van der Waals surface area contributed by atoms with Crippen LogP contribution >= 0.6 is 0 Å². The van der Waals surface area contributed by atoms with Crippen molar-refractivity contribution in [3.63, 3.8) is 0 Å². The molecule has 4 nitrogen and oxygen atoms in total. The molecule has 4 aromatic rings. The lowest BCUT2D eigenvalue weighted by Crippen LogP contribution is -2.41. The molecule has 3 aromatic carbocycles. The number of carbonyl (C=O) groups excluding carboxylic acids is 1. The van der Waals surface area contributed by atoms with Gasteiger partial charge in [0.05, 0.1) is 17.0 Å². The van der Waals surface area contributed by atoms with Crippen LogP contribution in [0.2, 0.25) is 0 Å². The smallest absolute Gasteiger partial charge is 0.229 e. The summed E-state index contributed by atoms with van der Waals surface area (Å²) in [5.41, 5.74) is 4.86. The summed E-state index contributed by atoms with van der Waals surface area (Å²) in [5, 5.41) is 0. The quantitative estimate of drug-likeness (QED) is 0.383. The molecule has 1 atom stereocenters. The maximum Gasteiger partial charge on any atom is 0.229 e. The summed E-state index contributed by atoms with van der Waals surface area (Å²) in [7, 11) is 0. The highest BCUT2D eigenvalue weighted by atomic mass is 19.1. The van der Waals surface area contributed by atoms with Crippen molar-refractivity contribution in [3.8, 4) is 11.4 Å². The number of piperidine rings is 1. The van der Waals surface area contributed by atoms with Gasteiger partial charge in [-0.05, 0) is 50.5 Å². The Balaban J connectivity index is 1.40. The number of nitrogens with zero attached hydrogens (tertiary/aromatic N) is 3. The standard InChI is InChI=1S/C28H28FN3O/c1-19-8-10-21(11-9-19)20(2)28(33)31-16-14-24(15-17-31)32-26-18-23(29)12-13-25(26)30-27(32)22-6-4-3-5-7-22/h3-13,18,20,24H,14-17H2,1-2H3. The highest BCUT2D eigenvalue weighted by Crippen LogP contribution is 2.34. The zero-order valence-corrected chi connectivity index (χ0v) is 19.0. The molecule has 5 rings (SSSR count). The fourth-order valence-corrected chi connectivity index (χ4v) is 4.84. The minimum absolute atomic E-state index is 0.158. The van der Waals surface area contributed by atoms with Gasteiger partial charge in [-0.1, -0.05) is 60.2 Å². The average Bonchev–Trinajstić information content (AvgIpc) is 3.23. The first-order valence-corrected chi connectivity index (χ1v) is 11.6. The van der Waals surface area contributed by atoms with Crippen molar-refractivity contribution >= 4 is 16.9 Å². The molecule has 1 saturated heterocycles. The van der Waals surface area contributed by atoms with E-state index in [4.69, 9.17) is 4.98 Å². The van der Waals surface area contributed by atoms with E-state index in [0.29, 0.717) is 13.1 Å². The van der Waals surface area contributed by atoms with Gasteiger partial charge in [-0.25, -0.2) is 9.37 Å². The number of hydrogen-bond donors (Lipinski definition) is 0. The Morgan fingerprint density at radius 3 is 2.39 bits per heavy atom. The molecule has 0 N–H and O–H groups in total. The molecule has 1 unspecified atom stereocenters. The van der Waals surface area contributed by atoms with E-state index in [1.165, 1.54) is 11.6 Å². The van der Waals surface area contributed by atoms with Crippen LogP contribution in [0.4, 0.5) is 4.39 Å². The van der Waals surface area contributed by atoms with Crippen molar-refractivity contribution in [1.82, 2.24) is 14.5 Å². The fraction of sp³-hybridized carbons (Fsp3) is 0.286. The van der Waals surface area contributed by atoms with E-state index < -0.39 is 0 Å². The lowest BCUT2D eigenvalue weighted by atomic mass is 9.96. The van der Waals surface area contributed by atoms with Gasteiger partial charge >= 0.3 is 0 Å². The van der Waals surface area contributed by atoms with Crippen molar-refractivity contribution in [1.29, 1.82) is 0 Å². The van der Waals surface area contributed by atoms with Crippen LogP contribution in [0.25, 0.3) is 22.4 Å². The number of fused-ring (bicyclic) bond motifs is 1. The van der Waals surface area contributed by atoms with Crippen LogP contribution in [-0.2, 0) is 4.79 Å². The van der Waals surface area contributed by atoms with Gasteiger partial charge in [0, 0.05) is 24.7 Å². The van der Waals surface area contributed by atoms with Crippen molar-refractivity contribution < 1.29 is 9.18 Å². The van der Waals surface area contributed by atoms with Gasteiger partial charge in [-0.2, -0.15) is 0 Å². The molecule has 33 heavy (non-hydrogen) atoms. The van der Waals surface area contributed by atoms with E-state index in [1.54, 1.807) is 12.1 Å². The number of amides is 1. The van der Waals surface area contributed by atoms with Gasteiger partial charge in [0.1, 0.15) is 11.6 Å². The molecule has 1 aliphatic rings. The minimum Gasteiger partial charge on any atom is -0.342 e. The maximum atomic E-state index is 14.1. The summed E-state index contributed by atoms with van der Waals surface area (Å²) in [6.07, 6.45) is 1.63. The number of hydrogen-bond acceptors (Lipinski definition) is 2. The maximum absolute atomic E-state index is 14.1. The first-order valence-electron chi connectivity index (χ1n) is 11.6. The number of aryl methyl sites for hydroxylation is 1. The Labute approximate surface area is 193 Å². The largest absolute Gasteiger partial charge is 0.342 e. The third kappa shape index (κ3) is 4.15. The molecule has 1 aliphatic heterocycles. The second kappa shape index (κ2) is 8.81. The first-order chi connectivity index (χ1) is 16.0. The molecule has 5 heteroatoms. The van der Waals surface area contributed by atoms with E-state index in [9.17, 15) is 9.18 Å². The van der Waals surface area contributed by atoms with Crippen LogP contribution in [0, 0.1) is 12.7 Å². The van der Waals surface area contributed by atoms with Crippen molar-refractivity contribution in [2.24, 2.45) is 0 Å². The van der Waals surface area contributed by atoms with Gasteiger partial charge in [0.2, 0.25) is 5.91 Å². The van der Waals surface area contributed by atoms with Crippen molar-refractivity contribution in [2.45, 2.75) is 38.6 Å². The third-order valence-electron chi connectivity index (χ3n) is 6.77. The Bertz CT molecular complexity index is 1270. The van der Waals surface area contributed by atoms with Crippen LogP contribution < -0.4 is 0 Å². The number of aromatic nitrogens is 2. The number of imidazole rings is 1. The van der Waals surface area contributed by atoms with Crippen LogP contribution in [0.15, 0.2) is 72.8 Å². The molecule has 1 amide bonds. The monoisotopic (exact) mass is 441 g/mol. The molecule has 2 heterocycles. The molecular formula is C28H28FN3O. The Morgan fingerprint density at radius 2 is 1.70 bits per heavy atom. The average molecular weight is 442 g/mol. The highest BCUT2D eigenvalue weighted by Gasteiger charge is 2.29. The molecule has 0 saturated carbocycles. The molecule has 0 bridgehead atoms. The Kier molecular flexibility index (Phi) is 5.71. The topological polar surface area (TPSA) is 38.1 Å². The summed E-state index contributed by atoms with van der Waals surface area (Å²) in [4.78, 5) is 20.0. The van der Waals surface area contributed by atoms with E-state index >= 15 is 0 Å². The molecule has 0 spiro atoms. The molecule has 0 radical (unpaired) electrons. The van der Waals surface area contributed by atoms with Gasteiger partial charge in [0.25, 0.3) is 0 Å². The Morgan fingerprint density at radius 1 is 1.00 bits per heavy atom. The molecular weight excluding hydrogens is 413 g/mol. The molecule has 168 valence electrons. The molecule has 1 aromatic heterocycles. The van der Waals surface area contributed by atoms with E-state index in [0.717, 1.165) is 40.8 Å². The number of likely N-dealkylation sites (tertiary alicyclic amines) is 1. The second-order valence-electron chi connectivity index (χ2n) is 8.99. The molecule has 1 fully saturated rings. The highest BCUT2D eigenvalue weighted by molar-refractivity contribution is 5.84. The lowest BCUT2D eigenvalue weighted by molar-refractivity contribution is -0.133. The fourth-order valence-electron chi connectivity index (χ4n) is 4.84. The van der Waals surface area contributed by atoms with Crippen molar-refractivity contribution in [2.75, 3.05) is 13.1 Å². The number of halogens is 1. The first kappa shape index (κ1) is 21.4. The predicted octanol–water partition coefficient (Wildman–Crippen LogP) is 6.12. The van der Waals surface area contributed by atoms with Gasteiger partial charge in [-0.3, -0.25) is 4.79 Å². The second-order valence-corrected chi connectivity index (χ2v) is 8.99. The zero-order valence-electron chi connectivity index (χ0n) is 19.0. The lowest BCUT2D eigenvalue weighted by Gasteiger charge is -2.35. The van der Waals surface area contributed by atoms with Crippen LogP contribution in [0.5, 0.6) is 0 Å². The molecule has 0 aliphatic carbocycles. The Hall–Kier alpha value is -3.47. The van der Waals surface area contributed by atoms with Gasteiger partial charge < -0.3 is 9.47 Å².